The van der Waals surface area contributed by atoms with Crippen LogP contribution in [0.2, 0.25) is 5.02 Å². The molecule has 0 saturated heterocycles. The molecule has 29 heavy (non-hydrogen) atoms. The van der Waals surface area contributed by atoms with Crippen LogP contribution < -0.4 is 9.62 Å². The lowest BCUT2D eigenvalue weighted by Gasteiger charge is -2.26. The summed E-state index contributed by atoms with van der Waals surface area (Å²) in [6, 6.07) is 13.7. The van der Waals surface area contributed by atoms with Crippen LogP contribution in [0.15, 0.2) is 48.5 Å². The largest absolute Gasteiger partial charge is 0.349 e. The first-order chi connectivity index (χ1) is 13.5. The second kappa shape index (κ2) is 9.63. The van der Waals surface area contributed by atoms with E-state index in [4.69, 9.17) is 11.6 Å². The Morgan fingerprint density at radius 3 is 1.93 bits per heavy atom. The SMILES string of the molecule is CC(C)C(NC(=O)c1ccc(N(Cc2ccc(Cl)cc2)S(C)(=O)=O)cc1)C(C)C. The van der Waals surface area contributed by atoms with E-state index in [-0.39, 0.29) is 18.5 Å². The van der Waals surface area contributed by atoms with Crippen molar-refractivity contribution in [2.24, 2.45) is 11.8 Å². The highest BCUT2D eigenvalue weighted by Gasteiger charge is 2.22. The van der Waals surface area contributed by atoms with Crippen LogP contribution in [0.25, 0.3) is 0 Å². The Morgan fingerprint density at radius 1 is 0.966 bits per heavy atom. The summed E-state index contributed by atoms with van der Waals surface area (Å²) in [4.78, 5) is 12.6. The van der Waals surface area contributed by atoms with Crippen LogP contribution in [0, 0.1) is 11.8 Å². The van der Waals surface area contributed by atoms with Crippen LogP contribution in [-0.2, 0) is 16.6 Å². The first-order valence-electron chi connectivity index (χ1n) is 9.62. The van der Waals surface area contributed by atoms with Crippen LogP contribution in [0.3, 0.4) is 0 Å². The first-order valence-corrected chi connectivity index (χ1v) is 11.8. The fourth-order valence-electron chi connectivity index (χ4n) is 3.27. The van der Waals surface area contributed by atoms with Crippen molar-refractivity contribution in [3.05, 3.63) is 64.7 Å². The molecule has 0 fully saturated rings. The normalized spacial score (nSPS) is 11.9. The fourth-order valence-corrected chi connectivity index (χ4v) is 4.29. The molecular formula is C22H29ClN2O3S. The van der Waals surface area contributed by atoms with E-state index in [1.807, 2.05) is 0 Å². The number of benzene rings is 2. The number of carbonyl (C=O) groups excluding carboxylic acids is 1. The third-order valence-electron chi connectivity index (χ3n) is 4.79. The first kappa shape index (κ1) is 23.2. The van der Waals surface area contributed by atoms with E-state index < -0.39 is 10.0 Å². The molecule has 0 atom stereocenters. The van der Waals surface area contributed by atoms with Gasteiger partial charge in [0.15, 0.2) is 0 Å². The summed E-state index contributed by atoms with van der Waals surface area (Å²) in [5.41, 5.74) is 1.82. The van der Waals surface area contributed by atoms with E-state index in [1.54, 1.807) is 48.5 Å². The number of nitrogens with one attached hydrogen (secondary N) is 1. The lowest BCUT2D eigenvalue weighted by atomic mass is 9.93. The molecule has 1 amide bonds. The number of hydrogen-bond donors (Lipinski definition) is 1. The molecule has 0 aromatic heterocycles. The molecule has 0 bridgehead atoms. The average Bonchev–Trinajstić information content (AvgIpc) is 2.64. The quantitative estimate of drug-likeness (QED) is 0.651. The van der Waals surface area contributed by atoms with Crippen molar-refractivity contribution in [1.82, 2.24) is 5.32 Å². The number of anilines is 1. The van der Waals surface area contributed by atoms with Crippen molar-refractivity contribution < 1.29 is 13.2 Å². The van der Waals surface area contributed by atoms with Crippen LogP contribution in [0.4, 0.5) is 5.69 Å². The van der Waals surface area contributed by atoms with Crippen LogP contribution in [0.5, 0.6) is 0 Å². The van der Waals surface area contributed by atoms with Gasteiger partial charge >= 0.3 is 0 Å². The van der Waals surface area contributed by atoms with Gasteiger partial charge in [0.25, 0.3) is 5.91 Å². The zero-order valence-corrected chi connectivity index (χ0v) is 19.1. The number of carbonyl (C=O) groups is 1. The van der Waals surface area contributed by atoms with Crippen LogP contribution in [-0.4, -0.2) is 26.6 Å². The lowest BCUT2D eigenvalue weighted by Crippen LogP contribution is -2.42. The summed E-state index contributed by atoms with van der Waals surface area (Å²) in [5.74, 6) is 0.476. The van der Waals surface area contributed by atoms with Gasteiger partial charge in [-0.15, -0.1) is 0 Å². The van der Waals surface area contributed by atoms with Gasteiger partial charge in [0.2, 0.25) is 10.0 Å². The van der Waals surface area contributed by atoms with Crippen molar-refractivity contribution in [2.45, 2.75) is 40.3 Å². The van der Waals surface area contributed by atoms with Crippen LogP contribution in [0.1, 0.15) is 43.6 Å². The maximum Gasteiger partial charge on any atom is 0.251 e. The maximum absolute atomic E-state index is 12.6. The van der Waals surface area contributed by atoms with E-state index in [9.17, 15) is 13.2 Å². The predicted molar refractivity (Wildman–Crippen MR) is 120 cm³/mol. The molecule has 5 nitrogen and oxygen atoms in total. The van der Waals surface area contributed by atoms with Gasteiger partial charge in [0.05, 0.1) is 18.5 Å². The molecule has 2 aromatic carbocycles. The number of sulfonamides is 1. The minimum atomic E-state index is -3.50. The molecule has 0 radical (unpaired) electrons. The van der Waals surface area contributed by atoms with Crippen molar-refractivity contribution in [3.63, 3.8) is 0 Å². The molecule has 0 unspecified atom stereocenters. The second-order valence-electron chi connectivity index (χ2n) is 7.93. The standard InChI is InChI=1S/C22H29ClN2O3S/c1-15(2)21(16(3)4)24-22(26)18-8-12-20(13-9-18)25(29(5,27)28)14-17-6-10-19(23)11-7-17/h6-13,15-16,21H,14H2,1-5H3,(H,24,26). The Balaban J connectivity index is 2.22. The Morgan fingerprint density at radius 2 is 1.48 bits per heavy atom. The van der Waals surface area contributed by atoms with Gasteiger partial charge in [-0.3, -0.25) is 9.10 Å². The summed E-state index contributed by atoms with van der Waals surface area (Å²) >= 11 is 5.91. The van der Waals surface area contributed by atoms with Gasteiger partial charge in [-0.05, 0) is 53.8 Å². The number of nitrogens with zero attached hydrogens (tertiary/aromatic N) is 1. The minimum Gasteiger partial charge on any atom is -0.349 e. The molecule has 158 valence electrons. The highest BCUT2D eigenvalue weighted by atomic mass is 35.5. The molecule has 0 saturated carbocycles. The summed E-state index contributed by atoms with van der Waals surface area (Å²) < 4.78 is 26.0. The van der Waals surface area contributed by atoms with Gasteiger partial charge in [0, 0.05) is 16.6 Å². The molecule has 1 N–H and O–H groups in total. The van der Waals surface area contributed by atoms with Crippen molar-refractivity contribution in [1.29, 1.82) is 0 Å². The van der Waals surface area contributed by atoms with Gasteiger partial charge in [-0.25, -0.2) is 8.42 Å². The van der Waals surface area contributed by atoms with E-state index >= 15 is 0 Å². The molecular weight excluding hydrogens is 408 g/mol. The fraction of sp³-hybridized carbons (Fsp3) is 0.409. The zero-order chi connectivity index (χ0) is 21.8. The smallest absolute Gasteiger partial charge is 0.251 e. The van der Waals surface area contributed by atoms with E-state index in [1.165, 1.54) is 10.6 Å². The third-order valence-corrected chi connectivity index (χ3v) is 6.18. The number of rotatable bonds is 8. The number of hydrogen-bond acceptors (Lipinski definition) is 3. The summed E-state index contributed by atoms with van der Waals surface area (Å²) in [5, 5.41) is 3.67. The van der Waals surface area contributed by atoms with Crippen molar-refractivity contribution in [3.8, 4) is 0 Å². The lowest BCUT2D eigenvalue weighted by molar-refractivity contribution is 0.0910. The van der Waals surface area contributed by atoms with Gasteiger partial charge in [-0.1, -0.05) is 51.4 Å². The minimum absolute atomic E-state index is 0.0691. The Labute approximate surface area is 179 Å². The second-order valence-corrected chi connectivity index (χ2v) is 10.3. The molecule has 0 spiro atoms. The molecule has 0 aliphatic heterocycles. The Hall–Kier alpha value is -2.05. The highest BCUT2D eigenvalue weighted by molar-refractivity contribution is 7.92. The van der Waals surface area contributed by atoms with E-state index in [2.05, 4.69) is 33.0 Å². The summed E-state index contributed by atoms with van der Waals surface area (Å²) in [7, 11) is -3.50. The third kappa shape index (κ3) is 6.47. The molecule has 0 aliphatic rings. The Kier molecular flexibility index (Phi) is 7.72. The highest BCUT2D eigenvalue weighted by Crippen LogP contribution is 2.22. The molecule has 2 rings (SSSR count). The number of halogens is 1. The predicted octanol–water partition coefficient (Wildman–Crippen LogP) is 4.72. The zero-order valence-electron chi connectivity index (χ0n) is 17.5. The Bertz CT molecular complexity index is 916. The monoisotopic (exact) mass is 436 g/mol. The van der Waals surface area contributed by atoms with Gasteiger partial charge in [-0.2, -0.15) is 0 Å². The van der Waals surface area contributed by atoms with E-state index in [0.29, 0.717) is 28.1 Å². The molecule has 7 heteroatoms. The maximum atomic E-state index is 12.6. The van der Waals surface area contributed by atoms with E-state index in [0.717, 1.165) is 5.56 Å². The topological polar surface area (TPSA) is 66.5 Å². The van der Waals surface area contributed by atoms with Gasteiger partial charge in [0.1, 0.15) is 0 Å². The average molecular weight is 437 g/mol. The summed E-state index contributed by atoms with van der Waals surface area (Å²) in [6.07, 6.45) is 1.17. The van der Waals surface area contributed by atoms with Crippen LogP contribution >= 0.6 is 11.6 Å². The molecule has 0 heterocycles. The van der Waals surface area contributed by atoms with Crippen molar-refractivity contribution >= 4 is 33.2 Å². The van der Waals surface area contributed by atoms with Gasteiger partial charge < -0.3 is 5.32 Å². The molecule has 0 aliphatic carbocycles. The van der Waals surface area contributed by atoms with Crippen molar-refractivity contribution in [2.75, 3.05) is 10.6 Å². The number of amides is 1. The summed E-state index contributed by atoms with van der Waals surface area (Å²) in [6.45, 7) is 8.50. The molecule has 2 aromatic rings.